The van der Waals surface area contributed by atoms with Gasteiger partial charge in [0.25, 0.3) is 5.91 Å². The highest BCUT2D eigenvalue weighted by molar-refractivity contribution is 6.15. The molecule has 158 valence electrons. The minimum atomic E-state index is -4.36. The van der Waals surface area contributed by atoms with Gasteiger partial charge in [0, 0.05) is 31.5 Å². The Bertz CT molecular complexity index is 1080. The van der Waals surface area contributed by atoms with Gasteiger partial charge in [-0.05, 0) is 24.6 Å². The van der Waals surface area contributed by atoms with E-state index in [9.17, 15) is 18.0 Å². The fourth-order valence-electron chi connectivity index (χ4n) is 3.68. The summed E-state index contributed by atoms with van der Waals surface area (Å²) in [6.07, 6.45) is -0.201. The first-order chi connectivity index (χ1) is 14.2. The van der Waals surface area contributed by atoms with Crippen molar-refractivity contribution in [3.05, 3.63) is 42.4 Å². The van der Waals surface area contributed by atoms with Gasteiger partial charge in [-0.3, -0.25) is 14.8 Å². The second-order valence-electron chi connectivity index (χ2n) is 7.18. The third kappa shape index (κ3) is 3.75. The SMILES string of the molecule is Nc1oc2cccnc2c1C(=O)Nc1cnccc1N1C[C@@H](N)C[C@@H](C(F)(F)F)C1. The molecule has 1 saturated heterocycles. The number of nitrogens with zero attached hydrogens (tertiary/aromatic N) is 3. The molecule has 3 aromatic rings. The lowest BCUT2D eigenvalue weighted by Gasteiger charge is -2.39. The minimum Gasteiger partial charge on any atom is -0.438 e. The fourth-order valence-corrected chi connectivity index (χ4v) is 3.68. The molecule has 4 heterocycles. The zero-order valence-electron chi connectivity index (χ0n) is 15.7. The van der Waals surface area contributed by atoms with Crippen molar-refractivity contribution < 1.29 is 22.4 Å². The summed E-state index contributed by atoms with van der Waals surface area (Å²) < 4.78 is 45.2. The number of nitrogens with two attached hydrogens (primary N) is 2. The number of pyridine rings is 2. The van der Waals surface area contributed by atoms with E-state index in [1.807, 2.05) is 0 Å². The first kappa shape index (κ1) is 20.0. The summed E-state index contributed by atoms with van der Waals surface area (Å²) in [6, 6.07) is 4.15. The van der Waals surface area contributed by atoms with Crippen LogP contribution in [0.1, 0.15) is 16.8 Å². The minimum absolute atomic E-state index is 0.0453. The van der Waals surface area contributed by atoms with E-state index in [1.165, 1.54) is 29.6 Å². The maximum Gasteiger partial charge on any atom is 0.393 e. The van der Waals surface area contributed by atoms with Gasteiger partial charge >= 0.3 is 6.18 Å². The quantitative estimate of drug-likeness (QED) is 0.595. The Morgan fingerprint density at radius 3 is 2.83 bits per heavy atom. The number of furan rings is 1. The number of carbonyl (C=O) groups is 1. The lowest BCUT2D eigenvalue weighted by Crippen LogP contribution is -2.51. The van der Waals surface area contributed by atoms with Gasteiger partial charge in [-0.1, -0.05) is 0 Å². The summed E-state index contributed by atoms with van der Waals surface area (Å²) in [4.78, 5) is 22.5. The molecule has 0 aromatic carbocycles. The number of halogens is 3. The zero-order chi connectivity index (χ0) is 21.5. The first-order valence-corrected chi connectivity index (χ1v) is 9.19. The van der Waals surface area contributed by atoms with Crippen LogP contribution in [0, 0.1) is 5.92 Å². The molecule has 30 heavy (non-hydrogen) atoms. The van der Waals surface area contributed by atoms with E-state index in [1.54, 1.807) is 12.1 Å². The number of amides is 1. The van der Waals surface area contributed by atoms with E-state index in [4.69, 9.17) is 15.9 Å². The molecule has 0 spiro atoms. The molecule has 11 heteroatoms. The van der Waals surface area contributed by atoms with Gasteiger partial charge in [-0.25, -0.2) is 0 Å². The van der Waals surface area contributed by atoms with Crippen LogP contribution in [0.2, 0.25) is 0 Å². The van der Waals surface area contributed by atoms with Gasteiger partial charge in [-0.15, -0.1) is 0 Å². The lowest BCUT2D eigenvalue weighted by molar-refractivity contribution is -0.177. The summed E-state index contributed by atoms with van der Waals surface area (Å²) in [5.74, 6) is -2.27. The lowest BCUT2D eigenvalue weighted by atomic mass is 9.93. The van der Waals surface area contributed by atoms with Gasteiger partial charge in [0.05, 0.1) is 23.5 Å². The zero-order valence-corrected chi connectivity index (χ0v) is 15.7. The summed E-state index contributed by atoms with van der Waals surface area (Å²) in [5.41, 5.74) is 13.0. The highest BCUT2D eigenvalue weighted by Crippen LogP contribution is 2.37. The van der Waals surface area contributed by atoms with Gasteiger partial charge in [-0.2, -0.15) is 13.2 Å². The number of aromatic nitrogens is 2. The third-order valence-corrected chi connectivity index (χ3v) is 5.03. The maximum atomic E-state index is 13.3. The van der Waals surface area contributed by atoms with Crippen molar-refractivity contribution in [1.82, 2.24) is 9.97 Å². The summed E-state index contributed by atoms with van der Waals surface area (Å²) >= 11 is 0. The molecule has 0 saturated carbocycles. The van der Waals surface area contributed by atoms with Crippen molar-refractivity contribution in [2.24, 2.45) is 11.7 Å². The number of rotatable bonds is 3. The smallest absolute Gasteiger partial charge is 0.393 e. The number of hydrogen-bond acceptors (Lipinski definition) is 7. The molecule has 3 aromatic heterocycles. The molecule has 8 nitrogen and oxygen atoms in total. The predicted molar refractivity (Wildman–Crippen MR) is 105 cm³/mol. The first-order valence-electron chi connectivity index (χ1n) is 9.19. The van der Waals surface area contributed by atoms with E-state index in [0.717, 1.165) is 0 Å². The normalized spacial score (nSPS) is 19.8. The molecule has 1 fully saturated rings. The second-order valence-corrected chi connectivity index (χ2v) is 7.18. The van der Waals surface area contributed by atoms with E-state index in [2.05, 4.69) is 15.3 Å². The van der Waals surface area contributed by atoms with Crippen LogP contribution in [0.4, 0.5) is 30.4 Å². The summed E-state index contributed by atoms with van der Waals surface area (Å²) in [7, 11) is 0. The number of alkyl halides is 3. The Kier molecular flexibility index (Phi) is 4.98. The van der Waals surface area contributed by atoms with Crippen LogP contribution in [0.3, 0.4) is 0 Å². The Morgan fingerprint density at radius 1 is 1.27 bits per heavy atom. The average molecular weight is 420 g/mol. The molecular formula is C19H19F3N6O2. The second kappa shape index (κ2) is 7.48. The molecule has 1 aliphatic heterocycles. The monoisotopic (exact) mass is 420 g/mol. The number of anilines is 3. The number of fused-ring (bicyclic) bond motifs is 1. The topological polar surface area (TPSA) is 123 Å². The number of nitrogen functional groups attached to an aromatic ring is 1. The van der Waals surface area contributed by atoms with Gasteiger partial charge in [0.15, 0.2) is 5.58 Å². The van der Waals surface area contributed by atoms with E-state index >= 15 is 0 Å². The van der Waals surface area contributed by atoms with Crippen LogP contribution >= 0.6 is 0 Å². The molecular weight excluding hydrogens is 401 g/mol. The van der Waals surface area contributed by atoms with Gasteiger partial charge in [0.2, 0.25) is 5.88 Å². The Balaban J connectivity index is 1.64. The van der Waals surface area contributed by atoms with Crippen LogP contribution in [0.25, 0.3) is 11.1 Å². The number of hydrogen-bond donors (Lipinski definition) is 3. The van der Waals surface area contributed by atoms with E-state index in [0.29, 0.717) is 11.3 Å². The Hall–Kier alpha value is -3.34. The Labute approximate surface area is 169 Å². The average Bonchev–Trinajstić information content (AvgIpc) is 3.03. The summed E-state index contributed by atoms with van der Waals surface area (Å²) in [5, 5.41) is 2.67. The number of piperidine rings is 1. The molecule has 1 aliphatic rings. The fraction of sp³-hybridized carbons (Fsp3) is 0.316. The molecule has 0 radical (unpaired) electrons. The molecule has 1 amide bonds. The van der Waals surface area contributed by atoms with Crippen LogP contribution in [-0.2, 0) is 0 Å². The van der Waals surface area contributed by atoms with Crippen LogP contribution < -0.4 is 21.7 Å². The van der Waals surface area contributed by atoms with Crippen molar-refractivity contribution in [1.29, 1.82) is 0 Å². The van der Waals surface area contributed by atoms with Gasteiger partial charge in [0.1, 0.15) is 11.1 Å². The Morgan fingerprint density at radius 2 is 2.07 bits per heavy atom. The van der Waals surface area contributed by atoms with E-state index < -0.39 is 24.0 Å². The maximum absolute atomic E-state index is 13.3. The molecule has 4 rings (SSSR count). The van der Waals surface area contributed by atoms with Crippen molar-refractivity contribution >= 4 is 34.3 Å². The highest BCUT2D eigenvalue weighted by Gasteiger charge is 2.44. The molecule has 0 unspecified atom stereocenters. The summed E-state index contributed by atoms with van der Waals surface area (Å²) in [6.45, 7) is -0.0414. The largest absolute Gasteiger partial charge is 0.438 e. The van der Waals surface area contributed by atoms with Crippen LogP contribution in [0.5, 0.6) is 0 Å². The number of nitrogens with one attached hydrogen (secondary N) is 1. The van der Waals surface area contributed by atoms with Crippen molar-refractivity contribution in [3.63, 3.8) is 0 Å². The highest BCUT2D eigenvalue weighted by atomic mass is 19.4. The van der Waals surface area contributed by atoms with Gasteiger partial charge < -0.3 is 26.1 Å². The third-order valence-electron chi connectivity index (χ3n) is 5.03. The molecule has 2 atom stereocenters. The predicted octanol–water partition coefficient (Wildman–Crippen LogP) is 2.77. The molecule has 0 bridgehead atoms. The van der Waals surface area contributed by atoms with Crippen LogP contribution in [0.15, 0.2) is 41.2 Å². The molecule has 5 N–H and O–H groups in total. The van der Waals surface area contributed by atoms with Crippen molar-refractivity contribution in [2.45, 2.75) is 18.6 Å². The standard InChI is InChI=1S/C19H19F3N6O2/c20-19(21,22)10-6-11(23)9-28(8-10)13-3-5-25-7-12(13)27-18(29)15-16-14(30-17(15)24)2-1-4-26-16/h1-5,7,10-11H,6,8-9,23-24H2,(H,27,29)/t10-,11+/m1/s1. The van der Waals surface area contributed by atoms with Crippen LogP contribution in [-0.4, -0.2) is 41.2 Å². The van der Waals surface area contributed by atoms with E-state index in [-0.39, 0.29) is 42.2 Å². The number of carbonyl (C=O) groups excluding carboxylic acids is 1. The molecule has 0 aliphatic carbocycles. The van der Waals surface area contributed by atoms with Crippen molar-refractivity contribution in [3.8, 4) is 0 Å². The van der Waals surface area contributed by atoms with Crippen molar-refractivity contribution in [2.75, 3.05) is 29.0 Å².